The molecule has 2 N–H and O–H groups in total. The second-order valence-electron chi connectivity index (χ2n) is 6.24. The summed E-state index contributed by atoms with van der Waals surface area (Å²) in [5, 5.41) is 12.2. The maximum absolute atomic E-state index is 12.9. The molecule has 25 heavy (non-hydrogen) atoms. The van der Waals surface area contributed by atoms with Gasteiger partial charge in [-0.15, -0.1) is 0 Å². The molecule has 7 heteroatoms. The highest BCUT2D eigenvalue weighted by atomic mass is 79.9. The zero-order chi connectivity index (χ0) is 17.6. The van der Waals surface area contributed by atoms with Crippen molar-refractivity contribution < 1.29 is 9.90 Å². The number of carbonyl (C=O) groups excluding carboxylic acids is 1. The Kier molecular flexibility index (Phi) is 6.23. The van der Waals surface area contributed by atoms with Gasteiger partial charge in [-0.05, 0) is 24.5 Å². The molecule has 1 aromatic carbocycles. The van der Waals surface area contributed by atoms with Crippen LogP contribution < -0.4 is 5.32 Å². The molecule has 1 aliphatic rings. The number of rotatable bonds is 6. The van der Waals surface area contributed by atoms with Gasteiger partial charge in [0, 0.05) is 30.1 Å². The van der Waals surface area contributed by atoms with Crippen molar-refractivity contribution in [3.05, 3.63) is 52.5 Å². The van der Waals surface area contributed by atoms with Gasteiger partial charge in [-0.1, -0.05) is 34.1 Å². The SMILES string of the molecule is O=C(c1cncn1Cc1ccccc1Br)N1CCC(NCCO)CC1. The predicted molar refractivity (Wildman–Crippen MR) is 99.5 cm³/mol. The summed E-state index contributed by atoms with van der Waals surface area (Å²) < 4.78 is 2.93. The van der Waals surface area contributed by atoms with Gasteiger partial charge in [0.2, 0.25) is 0 Å². The molecule has 1 aliphatic heterocycles. The molecule has 1 amide bonds. The van der Waals surface area contributed by atoms with Crippen LogP contribution in [0.15, 0.2) is 41.3 Å². The van der Waals surface area contributed by atoms with E-state index in [9.17, 15) is 4.79 Å². The first-order valence-electron chi connectivity index (χ1n) is 8.56. The van der Waals surface area contributed by atoms with Crippen LogP contribution in [0.1, 0.15) is 28.9 Å². The molecular formula is C18H23BrN4O2. The van der Waals surface area contributed by atoms with Crippen LogP contribution in [0.4, 0.5) is 0 Å². The molecule has 0 atom stereocenters. The Morgan fingerprint density at radius 1 is 1.32 bits per heavy atom. The van der Waals surface area contributed by atoms with Gasteiger partial charge < -0.3 is 19.9 Å². The Hall–Kier alpha value is -1.70. The van der Waals surface area contributed by atoms with E-state index in [-0.39, 0.29) is 12.5 Å². The topological polar surface area (TPSA) is 70.4 Å². The third kappa shape index (κ3) is 4.48. The summed E-state index contributed by atoms with van der Waals surface area (Å²) in [5.74, 6) is 0.0326. The first-order chi connectivity index (χ1) is 12.2. The van der Waals surface area contributed by atoms with Gasteiger partial charge in [-0.3, -0.25) is 4.79 Å². The monoisotopic (exact) mass is 406 g/mol. The number of hydrogen-bond donors (Lipinski definition) is 2. The second-order valence-corrected chi connectivity index (χ2v) is 7.10. The molecular weight excluding hydrogens is 384 g/mol. The quantitative estimate of drug-likeness (QED) is 0.768. The first-order valence-corrected chi connectivity index (χ1v) is 9.35. The Bertz CT molecular complexity index is 711. The molecule has 0 aliphatic carbocycles. The van der Waals surface area contributed by atoms with Crippen molar-refractivity contribution in [3.8, 4) is 0 Å². The van der Waals surface area contributed by atoms with Crippen LogP contribution in [0.5, 0.6) is 0 Å². The molecule has 0 unspecified atom stereocenters. The fourth-order valence-corrected chi connectivity index (χ4v) is 3.56. The maximum Gasteiger partial charge on any atom is 0.272 e. The van der Waals surface area contributed by atoms with Crippen LogP contribution in [0.25, 0.3) is 0 Å². The van der Waals surface area contributed by atoms with Crippen molar-refractivity contribution in [1.82, 2.24) is 19.8 Å². The highest BCUT2D eigenvalue weighted by Crippen LogP contribution is 2.19. The van der Waals surface area contributed by atoms with Crippen molar-refractivity contribution in [2.45, 2.75) is 25.4 Å². The highest BCUT2D eigenvalue weighted by Gasteiger charge is 2.25. The van der Waals surface area contributed by atoms with Crippen molar-refractivity contribution in [1.29, 1.82) is 0 Å². The fraction of sp³-hybridized carbons (Fsp3) is 0.444. The molecule has 1 saturated heterocycles. The molecule has 2 aromatic rings. The summed E-state index contributed by atoms with van der Waals surface area (Å²) >= 11 is 3.55. The molecule has 6 nitrogen and oxygen atoms in total. The van der Waals surface area contributed by atoms with E-state index in [2.05, 4.69) is 26.2 Å². The standard InChI is InChI=1S/C18H23BrN4O2/c19-16-4-2-1-3-14(16)12-23-13-20-11-17(23)18(25)22-8-5-15(6-9-22)21-7-10-24/h1-4,11,13,15,21,24H,5-10,12H2. The minimum atomic E-state index is 0.0326. The number of halogens is 1. The maximum atomic E-state index is 12.9. The number of amides is 1. The van der Waals surface area contributed by atoms with E-state index in [1.807, 2.05) is 33.7 Å². The number of imidazole rings is 1. The number of carbonyl (C=O) groups is 1. The summed E-state index contributed by atoms with van der Waals surface area (Å²) in [6.45, 7) is 2.81. The molecule has 2 heterocycles. The number of piperidine rings is 1. The third-order valence-corrected chi connectivity index (χ3v) is 5.33. The van der Waals surface area contributed by atoms with Crippen LogP contribution in [0.3, 0.4) is 0 Å². The molecule has 3 rings (SSSR count). The van der Waals surface area contributed by atoms with Gasteiger partial charge in [0.1, 0.15) is 5.69 Å². The Labute approximate surface area is 156 Å². The van der Waals surface area contributed by atoms with Gasteiger partial charge in [-0.25, -0.2) is 4.98 Å². The molecule has 1 aromatic heterocycles. The van der Waals surface area contributed by atoms with Crippen LogP contribution in [-0.2, 0) is 6.54 Å². The predicted octanol–water partition coefficient (Wildman–Crippen LogP) is 1.88. The molecule has 1 fully saturated rings. The zero-order valence-corrected chi connectivity index (χ0v) is 15.7. The largest absolute Gasteiger partial charge is 0.395 e. The number of aliphatic hydroxyl groups excluding tert-OH is 1. The molecule has 0 bridgehead atoms. The van der Waals surface area contributed by atoms with E-state index in [1.54, 1.807) is 12.5 Å². The summed E-state index contributed by atoms with van der Waals surface area (Å²) in [5.41, 5.74) is 1.74. The number of likely N-dealkylation sites (tertiary alicyclic amines) is 1. The van der Waals surface area contributed by atoms with Crippen molar-refractivity contribution >= 4 is 21.8 Å². The lowest BCUT2D eigenvalue weighted by Crippen LogP contribution is -2.45. The minimum Gasteiger partial charge on any atom is -0.395 e. The molecule has 0 spiro atoms. The second kappa shape index (κ2) is 8.60. The summed E-state index contributed by atoms with van der Waals surface area (Å²) in [4.78, 5) is 18.9. The van der Waals surface area contributed by atoms with Gasteiger partial charge in [-0.2, -0.15) is 0 Å². The Morgan fingerprint density at radius 2 is 2.08 bits per heavy atom. The van der Waals surface area contributed by atoms with E-state index in [0.29, 0.717) is 24.8 Å². The smallest absolute Gasteiger partial charge is 0.272 e. The summed E-state index contributed by atoms with van der Waals surface area (Å²) in [7, 11) is 0. The molecule has 0 radical (unpaired) electrons. The normalized spacial score (nSPS) is 15.5. The van der Waals surface area contributed by atoms with Crippen molar-refractivity contribution in [2.24, 2.45) is 0 Å². The number of nitrogens with zero attached hydrogens (tertiary/aromatic N) is 3. The molecule has 0 saturated carbocycles. The summed E-state index contributed by atoms with van der Waals surface area (Å²) in [6, 6.07) is 8.38. The number of nitrogens with one attached hydrogen (secondary N) is 1. The van der Waals surface area contributed by atoms with Crippen molar-refractivity contribution in [3.63, 3.8) is 0 Å². The van der Waals surface area contributed by atoms with Gasteiger partial charge in [0.05, 0.1) is 25.7 Å². The van der Waals surface area contributed by atoms with Crippen LogP contribution in [0, 0.1) is 0 Å². The highest BCUT2D eigenvalue weighted by molar-refractivity contribution is 9.10. The van der Waals surface area contributed by atoms with E-state index >= 15 is 0 Å². The lowest BCUT2D eigenvalue weighted by Gasteiger charge is -2.32. The minimum absolute atomic E-state index is 0.0326. The summed E-state index contributed by atoms with van der Waals surface area (Å²) in [6.07, 6.45) is 5.17. The third-order valence-electron chi connectivity index (χ3n) is 4.56. The zero-order valence-electron chi connectivity index (χ0n) is 14.1. The van der Waals surface area contributed by atoms with E-state index < -0.39 is 0 Å². The van der Waals surface area contributed by atoms with Crippen LogP contribution in [-0.4, -0.2) is 57.7 Å². The van der Waals surface area contributed by atoms with Gasteiger partial charge in [0.15, 0.2) is 0 Å². The number of aromatic nitrogens is 2. The first kappa shape index (κ1) is 18.1. The van der Waals surface area contributed by atoms with E-state index in [4.69, 9.17) is 5.11 Å². The number of benzene rings is 1. The van der Waals surface area contributed by atoms with Crippen LogP contribution >= 0.6 is 15.9 Å². The Balaban J connectivity index is 1.64. The van der Waals surface area contributed by atoms with Crippen LogP contribution in [0.2, 0.25) is 0 Å². The number of aliphatic hydroxyl groups is 1. The van der Waals surface area contributed by atoms with E-state index in [0.717, 1.165) is 36.0 Å². The van der Waals surface area contributed by atoms with Gasteiger partial charge in [0.25, 0.3) is 5.91 Å². The lowest BCUT2D eigenvalue weighted by atomic mass is 10.0. The fourth-order valence-electron chi connectivity index (χ4n) is 3.15. The van der Waals surface area contributed by atoms with Crippen molar-refractivity contribution in [2.75, 3.05) is 26.2 Å². The Morgan fingerprint density at radius 3 is 2.80 bits per heavy atom. The average molecular weight is 407 g/mol. The van der Waals surface area contributed by atoms with Gasteiger partial charge >= 0.3 is 0 Å². The average Bonchev–Trinajstić information content (AvgIpc) is 3.10. The van der Waals surface area contributed by atoms with E-state index in [1.165, 1.54) is 0 Å². The number of hydrogen-bond acceptors (Lipinski definition) is 4. The molecule has 134 valence electrons. The lowest BCUT2D eigenvalue weighted by molar-refractivity contribution is 0.0693.